The highest BCUT2D eigenvalue weighted by atomic mass is 35.5. The van der Waals surface area contributed by atoms with Gasteiger partial charge in [0.25, 0.3) is 5.91 Å². The lowest BCUT2D eigenvalue weighted by Gasteiger charge is -2.26. The van der Waals surface area contributed by atoms with Gasteiger partial charge < -0.3 is 10.2 Å². The van der Waals surface area contributed by atoms with Gasteiger partial charge in [-0.15, -0.1) is 0 Å². The summed E-state index contributed by atoms with van der Waals surface area (Å²) in [6.45, 7) is 2.10. The van der Waals surface area contributed by atoms with E-state index in [1.165, 1.54) is 0 Å². The summed E-state index contributed by atoms with van der Waals surface area (Å²) >= 11 is 5.95. The number of fused-ring (bicyclic) bond motifs is 1. The Kier molecular flexibility index (Phi) is 4.59. The predicted octanol–water partition coefficient (Wildman–Crippen LogP) is 3.09. The largest absolute Gasteiger partial charge is 0.325 e. The zero-order valence-electron chi connectivity index (χ0n) is 15.4. The van der Waals surface area contributed by atoms with Crippen LogP contribution in [0, 0.1) is 0 Å². The Morgan fingerprint density at radius 2 is 1.86 bits per heavy atom. The van der Waals surface area contributed by atoms with Crippen molar-refractivity contribution >= 4 is 35.1 Å². The molecule has 2 heterocycles. The zero-order valence-corrected chi connectivity index (χ0v) is 16.2. The van der Waals surface area contributed by atoms with Crippen LogP contribution < -0.4 is 10.2 Å². The number of hydrogen-bond donors (Lipinski definition) is 1. The average molecular weight is 398 g/mol. The van der Waals surface area contributed by atoms with E-state index in [1.807, 2.05) is 31.2 Å². The van der Waals surface area contributed by atoms with Gasteiger partial charge in [-0.1, -0.05) is 48.9 Å². The number of para-hydroxylation sites is 1. The van der Waals surface area contributed by atoms with Gasteiger partial charge in [-0.3, -0.25) is 14.5 Å². The Balaban J connectivity index is 1.58. The van der Waals surface area contributed by atoms with Crippen LogP contribution in [0.25, 0.3) is 0 Å². The first-order valence-corrected chi connectivity index (χ1v) is 9.62. The average Bonchev–Trinajstić information content (AvgIpc) is 3.23. The molecular weight excluding hydrogens is 378 g/mol. The Labute approximate surface area is 168 Å². The maximum atomic E-state index is 13.2. The summed E-state index contributed by atoms with van der Waals surface area (Å²) in [7, 11) is 0. The van der Waals surface area contributed by atoms with Crippen molar-refractivity contribution in [2.45, 2.75) is 25.3 Å². The molecule has 0 aliphatic carbocycles. The predicted molar refractivity (Wildman–Crippen MR) is 106 cm³/mol. The second kappa shape index (κ2) is 6.95. The SMILES string of the molecule is CCC1(c2ccc(Cl)cc2)NC(=O)N(CC(=O)N2CCc3ccccc32)C1=O. The number of urea groups is 1. The number of carbonyl (C=O) groups excluding carboxylic acids is 3. The summed E-state index contributed by atoms with van der Waals surface area (Å²) in [5.41, 5.74) is 1.42. The van der Waals surface area contributed by atoms with E-state index < -0.39 is 17.5 Å². The third kappa shape index (κ3) is 2.85. The van der Waals surface area contributed by atoms with E-state index in [0.29, 0.717) is 23.6 Å². The van der Waals surface area contributed by atoms with Crippen LogP contribution in [0.4, 0.5) is 10.5 Å². The van der Waals surface area contributed by atoms with E-state index in [4.69, 9.17) is 11.6 Å². The first-order chi connectivity index (χ1) is 13.5. The molecule has 4 amide bonds. The summed E-state index contributed by atoms with van der Waals surface area (Å²) in [5.74, 6) is -0.681. The smallest absolute Gasteiger partial charge is 0.319 e. The molecule has 1 N–H and O–H groups in total. The molecule has 0 radical (unpaired) electrons. The molecule has 1 atom stereocenters. The number of rotatable bonds is 4. The van der Waals surface area contributed by atoms with Gasteiger partial charge in [0.2, 0.25) is 5.91 Å². The van der Waals surface area contributed by atoms with Crippen molar-refractivity contribution in [2.24, 2.45) is 0 Å². The maximum Gasteiger partial charge on any atom is 0.325 e. The Morgan fingerprint density at radius 3 is 2.57 bits per heavy atom. The van der Waals surface area contributed by atoms with E-state index in [2.05, 4.69) is 5.32 Å². The van der Waals surface area contributed by atoms with Gasteiger partial charge >= 0.3 is 6.03 Å². The molecule has 1 unspecified atom stereocenters. The number of imide groups is 1. The van der Waals surface area contributed by atoms with E-state index in [-0.39, 0.29) is 12.5 Å². The molecule has 0 spiro atoms. The van der Waals surface area contributed by atoms with E-state index >= 15 is 0 Å². The monoisotopic (exact) mass is 397 g/mol. The number of nitrogens with one attached hydrogen (secondary N) is 1. The molecular formula is C21H20ClN3O3. The molecule has 144 valence electrons. The van der Waals surface area contributed by atoms with Crippen LogP contribution in [-0.4, -0.2) is 35.8 Å². The molecule has 2 aliphatic heterocycles. The minimum atomic E-state index is -1.18. The topological polar surface area (TPSA) is 69.7 Å². The number of carbonyl (C=O) groups is 3. The van der Waals surface area contributed by atoms with Crippen LogP contribution in [0.3, 0.4) is 0 Å². The van der Waals surface area contributed by atoms with Crippen LogP contribution in [0.2, 0.25) is 5.02 Å². The molecule has 2 aromatic rings. The minimum absolute atomic E-state index is 0.267. The summed E-state index contributed by atoms with van der Waals surface area (Å²) in [6.07, 6.45) is 1.14. The zero-order chi connectivity index (χ0) is 19.9. The number of anilines is 1. The lowest BCUT2D eigenvalue weighted by molar-refractivity contribution is -0.134. The molecule has 0 saturated carbocycles. The van der Waals surface area contributed by atoms with Crippen molar-refractivity contribution < 1.29 is 14.4 Å². The normalized spacial score (nSPS) is 21.1. The van der Waals surface area contributed by atoms with Crippen LogP contribution in [0.5, 0.6) is 0 Å². The van der Waals surface area contributed by atoms with E-state index in [9.17, 15) is 14.4 Å². The van der Waals surface area contributed by atoms with Gasteiger partial charge in [-0.05, 0) is 42.2 Å². The van der Waals surface area contributed by atoms with Crippen LogP contribution in [0.15, 0.2) is 48.5 Å². The molecule has 1 saturated heterocycles. The van der Waals surface area contributed by atoms with Gasteiger partial charge in [0.05, 0.1) is 0 Å². The highest BCUT2D eigenvalue weighted by Crippen LogP contribution is 2.34. The van der Waals surface area contributed by atoms with Crippen molar-refractivity contribution in [3.63, 3.8) is 0 Å². The standard InChI is InChI=1S/C21H20ClN3O3/c1-2-21(15-7-9-16(22)10-8-15)19(27)25(20(28)23-21)13-18(26)24-12-11-14-5-3-4-6-17(14)24/h3-10H,2,11-13H2,1H3,(H,23,28). The molecule has 6 nitrogen and oxygen atoms in total. The maximum absolute atomic E-state index is 13.2. The fourth-order valence-corrected chi connectivity index (χ4v) is 4.09. The fraction of sp³-hybridized carbons (Fsp3) is 0.286. The van der Waals surface area contributed by atoms with Gasteiger partial charge in [-0.2, -0.15) is 0 Å². The van der Waals surface area contributed by atoms with Crippen molar-refractivity contribution in [2.75, 3.05) is 18.0 Å². The number of amides is 4. The van der Waals surface area contributed by atoms with Gasteiger partial charge in [0.1, 0.15) is 12.1 Å². The van der Waals surface area contributed by atoms with Crippen molar-refractivity contribution in [3.8, 4) is 0 Å². The third-order valence-corrected chi connectivity index (χ3v) is 5.78. The van der Waals surface area contributed by atoms with Gasteiger partial charge in [-0.25, -0.2) is 4.79 Å². The van der Waals surface area contributed by atoms with Crippen molar-refractivity contribution in [1.29, 1.82) is 0 Å². The first-order valence-electron chi connectivity index (χ1n) is 9.24. The van der Waals surface area contributed by atoms with Crippen LogP contribution >= 0.6 is 11.6 Å². The van der Waals surface area contributed by atoms with E-state index in [0.717, 1.165) is 22.6 Å². The molecule has 1 fully saturated rings. The number of benzene rings is 2. The van der Waals surface area contributed by atoms with Crippen LogP contribution in [-0.2, 0) is 21.5 Å². The molecule has 7 heteroatoms. The van der Waals surface area contributed by atoms with Crippen molar-refractivity contribution in [1.82, 2.24) is 10.2 Å². The summed E-state index contributed by atoms with van der Waals surface area (Å²) in [6, 6.07) is 14.0. The quantitative estimate of drug-likeness (QED) is 0.806. The first kappa shape index (κ1) is 18.5. The highest BCUT2D eigenvalue weighted by molar-refractivity contribution is 6.30. The molecule has 0 aromatic heterocycles. The number of hydrogen-bond acceptors (Lipinski definition) is 3. The minimum Gasteiger partial charge on any atom is -0.319 e. The Bertz CT molecular complexity index is 960. The fourth-order valence-electron chi connectivity index (χ4n) is 3.96. The Morgan fingerprint density at radius 1 is 1.14 bits per heavy atom. The molecule has 2 aromatic carbocycles. The second-order valence-electron chi connectivity index (χ2n) is 7.01. The molecule has 2 aliphatic rings. The molecule has 4 rings (SSSR count). The van der Waals surface area contributed by atoms with Crippen LogP contribution in [0.1, 0.15) is 24.5 Å². The van der Waals surface area contributed by atoms with Gasteiger partial charge in [0, 0.05) is 17.3 Å². The number of halogens is 1. The molecule has 28 heavy (non-hydrogen) atoms. The second-order valence-corrected chi connectivity index (χ2v) is 7.45. The summed E-state index contributed by atoms with van der Waals surface area (Å²) in [4.78, 5) is 41.3. The summed E-state index contributed by atoms with van der Waals surface area (Å²) < 4.78 is 0. The summed E-state index contributed by atoms with van der Waals surface area (Å²) in [5, 5.41) is 3.34. The van der Waals surface area contributed by atoms with Crippen molar-refractivity contribution in [3.05, 3.63) is 64.7 Å². The lowest BCUT2D eigenvalue weighted by atomic mass is 9.87. The Hall–Kier alpha value is -2.86. The van der Waals surface area contributed by atoms with Gasteiger partial charge in [0.15, 0.2) is 0 Å². The lowest BCUT2D eigenvalue weighted by Crippen LogP contribution is -2.45. The van der Waals surface area contributed by atoms with E-state index in [1.54, 1.807) is 29.2 Å². The third-order valence-electron chi connectivity index (χ3n) is 5.52. The molecule has 0 bridgehead atoms. The highest BCUT2D eigenvalue weighted by Gasteiger charge is 2.52. The number of nitrogens with zero attached hydrogens (tertiary/aromatic N) is 2.